The van der Waals surface area contributed by atoms with Gasteiger partial charge in [0.2, 0.25) is 0 Å². The van der Waals surface area contributed by atoms with Crippen LogP contribution in [0.25, 0.3) is 0 Å². The summed E-state index contributed by atoms with van der Waals surface area (Å²) in [6.07, 6.45) is 4.19. The largest absolute Gasteiger partial charge is 0.484 e. The second-order valence-corrected chi connectivity index (χ2v) is 7.78. The minimum absolute atomic E-state index is 0.0281. The molecule has 1 saturated heterocycles. The number of ether oxygens (including phenoxy) is 1. The third kappa shape index (κ3) is 3.96. The van der Waals surface area contributed by atoms with Crippen molar-refractivity contribution in [2.45, 2.75) is 38.5 Å². The van der Waals surface area contributed by atoms with Crippen LogP contribution >= 0.6 is 0 Å². The molecule has 6 heteroatoms. The molecule has 2 aliphatic heterocycles. The summed E-state index contributed by atoms with van der Waals surface area (Å²) in [4.78, 5) is 26.5. The molecule has 0 N–H and O–H groups in total. The predicted molar refractivity (Wildman–Crippen MR) is 109 cm³/mol. The summed E-state index contributed by atoms with van der Waals surface area (Å²) < 4.78 is 5.64. The van der Waals surface area contributed by atoms with Gasteiger partial charge >= 0.3 is 0 Å². The maximum Gasteiger partial charge on any atom is 0.260 e. The van der Waals surface area contributed by atoms with Crippen LogP contribution in [0.3, 0.4) is 0 Å². The van der Waals surface area contributed by atoms with Gasteiger partial charge in [0.05, 0.1) is 0 Å². The number of fused-ring (bicyclic) bond motifs is 1. The van der Waals surface area contributed by atoms with Crippen molar-refractivity contribution in [1.82, 2.24) is 14.9 Å². The van der Waals surface area contributed by atoms with Crippen LogP contribution in [0.4, 0.5) is 5.82 Å². The smallest absolute Gasteiger partial charge is 0.260 e. The van der Waals surface area contributed by atoms with Gasteiger partial charge in [-0.2, -0.15) is 0 Å². The van der Waals surface area contributed by atoms with Crippen molar-refractivity contribution in [1.29, 1.82) is 0 Å². The third-order valence-corrected chi connectivity index (χ3v) is 5.74. The molecule has 6 nitrogen and oxygen atoms in total. The normalized spacial score (nSPS) is 19.3. The van der Waals surface area contributed by atoms with E-state index in [1.807, 2.05) is 35.2 Å². The number of likely N-dealkylation sites (tertiary alicyclic amines) is 1. The van der Waals surface area contributed by atoms with Crippen molar-refractivity contribution >= 4 is 11.7 Å². The zero-order valence-corrected chi connectivity index (χ0v) is 16.7. The molecule has 1 fully saturated rings. The average Bonchev–Trinajstić information content (AvgIpc) is 2.73. The molecule has 0 spiro atoms. The highest BCUT2D eigenvalue weighted by atomic mass is 16.5. The molecule has 0 unspecified atom stereocenters. The Labute approximate surface area is 166 Å². The molecule has 3 heterocycles. The van der Waals surface area contributed by atoms with E-state index in [9.17, 15) is 4.79 Å². The van der Waals surface area contributed by atoms with Crippen molar-refractivity contribution in [3.63, 3.8) is 0 Å². The van der Waals surface area contributed by atoms with Gasteiger partial charge in [0, 0.05) is 43.9 Å². The molecule has 1 amide bonds. The lowest BCUT2D eigenvalue weighted by Crippen LogP contribution is -2.42. The summed E-state index contributed by atoms with van der Waals surface area (Å²) in [5, 5.41) is 0. The quantitative estimate of drug-likeness (QED) is 0.816. The predicted octanol–water partition coefficient (Wildman–Crippen LogP) is 2.95. The van der Waals surface area contributed by atoms with Crippen LogP contribution < -0.4 is 9.64 Å². The van der Waals surface area contributed by atoms with Crippen LogP contribution in [0, 0.1) is 6.92 Å². The van der Waals surface area contributed by atoms with E-state index in [2.05, 4.69) is 18.9 Å². The molecule has 0 radical (unpaired) electrons. The van der Waals surface area contributed by atoms with E-state index in [1.165, 1.54) is 5.56 Å². The number of piperidine rings is 1. The van der Waals surface area contributed by atoms with Crippen LogP contribution in [-0.4, -0.2) is 54.1 Å². The summed E-state index contributed by atoms with van der Waals surface area (Å²) >= 11 is 0. The first-order valence-electron chi connectivity index (χ1n) is 10.2. The lowest BCUT2D eigenvalue weighted by Gasteiger charge is -2.33. The van der Waals surface area contributed by atoms with E-state index in [0.29, 0.717) is 6.54 Å². The fourth-order valence-electron chi connectivity index (χ4n) is 4.16. The standard InChI is InChI=1S/C22H28N4O2/c1-16-19-11-7-12-25(2)22(19)24-21(23-16)17-8-6-13-26(14-17)20(27)15-28-18-9-4-3-5-10-18/h3-5,9-10,17H,6-8,11-15H2,1-2H3/t17-/m1/s1. The molecular formula is C22H28N4O2. The first-order valence-corrected chi connectivity index (χ1v) is 10.2. The fraction of sp³-hybridized carbons (Fsp3) is 0.500. The van der Waals surface area contributed by atoms with Gasteiger partial charge in [0.25, 0.3) is 5.91 Å². The first kappa shape index (κ1) is 18.7. The summed E-state index contributed by atoms with van der Waals surface area (Å²) in [5.41, 5.74) is 2.36. The number of aromatic nitrogens is 2. The monoisotopic (exact) mass is 380 g/mol. The molecular weight excluding hydrogens is 352 g/mol. The Kier molecular flexibility index (Phi) is 5.46. The Morgan fingerprint density at radius 1 is 1.18 bits per heavy atom. The zero-order chi connectivity index (χ0) is 19.5. The number of nitrogens with zero attached hydrogens (tertiary/aromatic N) is 4. The van der Waals surface area contributed by atoms with Crippen molar-refractivity contribution < 1.29 is 9.53 Å². The van der Waals surface area contributed by atoms with Crippen molar-refractivity contribution in [2.75, 3.05) is 38.2 Å². The second kappa shape index (κ2) is 8.17. The van der Waals surface area contributed by atoms with Gasteiger partial charge in [-0.3, -0.25) is 4.79 Å². The Morgan fingerprint density at radius 3 is 2.82 bits per heavy atom. The maximum atomic E-state index is 12.7. The number of amides is 1. The minimum Gasteiger partial charge on any atom is -0.484 e. The molecule has 4 rings (SSSR count). The first-order chi connectivity index (χ1) is 13.6. The summed E-state index contributed by atoms with van der Waals surface area (Å²) in [6, 6.07) is 9.48. The topological polar surface area (TPSA) is 58.6 Å². The number of carbonyl (C=O) groups excluding carboxylic acids is 1. The van der Waals surface area contributed by atoms with Crippen LogP contribution in [0.5, 0.6) is 5.75 Å². The Balaban J connectivity index is 1.44. The molecule has 1 atom stereocenters. The summed E-state index contributed by atoms with van der Waals surface area (Å²) in [7, 11) is 2.10. The second-order valence-electron chi connectivity index (χ2n) is 7.78. The van der Waals surface area contributed by atoms with Gasteiger partial charge in [-0.1, -0.05) is 18.2 Å². The average molecular weight is 380 g/mol. The van der Waals surface area contributed by atoms with E-state index in [4.69, 9.17) is 14.7 Å². The molecule has 0 saturated carbocycles. The van der Waals surface area contributed by atoms with E-state index < -0.39 is 0 Å². The van der Waals surface area contributed by atoms with Crippen LogP contribution in [0.15, 0.2) is 30.3 Å². The van der Waals surface area contributed by atoms with Gasteiger partial charge in [-0.05, 0) is 44.7 Å². The number of anilines is 1. The SMILES string of the molecule is Cc1nc([C@@H]2CCCN(C(=O)COc3ccccc3)C2)nc2c1CCCN2C. The Bertz CT molecular complexity index is 840. The maximum absolute atomic E-state index is 12.7. The lowest BCUT2D eigenvalue weighted by molar-refractivity contribution is -0.134. The molecule has 1 aromatic carbocycles. The molecule has 0 aliphatic carbocycles. The van der Waals surface area contributed by atoms with Crippen LogP contribution in [0.1, 0.15) is 42.3 Å². The minimum atomic E-state index is 0.0281. The van der Waals surface area contributed by atoms with E-state index in [-0.39, 0.29) is 18.4 Å². The van der Waals surface area contributed by atoms with E-state index >= 15 is 0 Å². The number of benzene rings is 1. The molecule has 1 aromatic heterocycles. The number of carbonyl (C=O) groups is 1. The summed E-state index contributed by atoms with van der Waals surface area (Å²) in [6.45, 7) is 4.64. The highest BCUT2D eigenvalue weighted by Gasteiger charge is 2.29. The number of para-hydroxylation sites is 1. The molecule has 148 valence electrons. The summed E-state index contributed by atoms with van der Waals surface area (Å²) in [5.74, 6) is 2.89. The number of rotatable bonds is 4. The van der Waals surface area contributed by atoms with Crippen molar-refractivity contribution in [3.8, 4) is 5.75 Å². The van der Waals surface area contributed by atoms with Gasteiger partial charge in [0.1, 0.15) is 17.4 Å². The molecule has 28 heavy (non-hydrogen) atoms. The molecule has 2 aliphatic rings. The fourth-order valence-corrected chi connectivity index (χ4v) is 4.16. The van der Waals surface area contributed by atoms with Gasteiger partial charge in [-0.25, -0.2) is 9.97 Å². The van der Waals surface area contributed by atoms with Crippen LogP contribution in [-0.2, 0) is 11.2 Å². The van der Waals surface area contributed by atoms with E-state index in [1.54, 1.807) is 0 Å². The highest BCUT2D eigenvalue weighted by molar-refractivity contribution is 5.78. The van der Waals surface area contributed by atoms with Gasteiger partial charge in [0.15, 0.2) is 6.61 Å². The lowest BCUT2D eigenvalue weighted by atomic mass is 9.96. The Morgan fingerprint density at radius 2 is 2.00 bits per heavy atom. The molecule has 0 bridgehead atoms. The van der Waals surface area contributed by atoms with Crippen molar-refractivity contribution in [3.05, 3.63) is 47.4 Å². The number of aryl methyl sites for hydroxylation is 1. The van der Waals surface area contributed by atoms with Gasteiger partial charge in [-0.15, -0.1) is 0 Å². The van der Waals surface area contributed by atoms with Gasteiger partial charge < -0.3 is 14.5 Å². The van der Waals surface area contributed by atoms with E-state index in [0.717, 1.165) is 61.9 Å². The van der Waals surface area contributed by atoms with Crippen LogP contribution in [0.2, 0.25) is 0 Å². The number of hydrogen-bond acceptors (Lipinski definition) is 5. The zero-order valence-electron chi connectivity index (χ0n) is 16.7. The third-order valence-electron chi connectivity index (χ3n) is 5.74. The highest BCUT2D eigenvalue weighted by Crippen LogP contribution is 2.31. The van der Waals surface area contributed by atoms with Crippen molar-refractivity contribution in [2.24, 2.45) is 0 Å². The number of hydrogen-bond donors (Lipinski definition) is 0. The molecule has 2 aromatic rings. The Hall–Kier alpha value is -2.63.